The zero-order valence-electron chi connectivity index (χ0n) is 11.7. The molecule has 1 amide bonds. The van der Waals surface area contributed by atoms with Crippen LogP contribution in [-0.2, 0) is 11.3 Å². The maximum absolute atomic E-state index is 12.3. The minimum absolute atomic E-state index is 0.0156. The van der Waals surface area contributed by atoms with Gasteiger partial charge in [0, 0.05) is 26.1 Å². The summed E-state index contributed by atoms with van der Waals surface area (Å²) in [6, 6.07) is 0.214. The highest BCUT2D eigenvalue weighted by Gasteiger charge is 2.29. The van der Waals surface area contributed by atoms with Crippen molar-refractivity contribution in [2.45, 2.75) is 32.4 Å². The lowest BCUT2D eigenvalue weighted by Crippen LogP contribution is -2.42. The van der Waals surface area contributed by atoms with Crippen LogP contribution in [0.5, 0.6) is 0 Å². The van der Waals surface area contributed by atoms with Crippen LogP contribution in [0.15, 0.2) is 6.20 Å². The molecule has 8 nitrogen and oxygen atoms in total. The molecule has 1 aromatic rings. The zero-order chi connectivity index (χ0) is 14.7. The molecule has 110 valence electrons. The number of nitrogens with zero attached hydrogens (tertiary/aromatic N) is 4. The number of carbonyl (C=O) groups is 1. The number of hydrogen-bond donors (Lipinski definition) is 1. The third-order valence-corrected chi connectivity index (χ3v) is 3.59. The summed E-state index contributed by atoms with van der Waals surface area (Å²) in [5, 5.41) is 13.8. The predicted molar refractivity (Wildman–Crippen MR) is 72.3 cm³/mol. The summed E-state index contributed by atoms with van der Waals surface area (Å²) in [5.74, 6) is 0.246. The second-order valence-electron chi connectivity index (χ2n) is 4.97. The molecule has 0 aromatic carbocycles. The van der Waals surface area contributed by atoms with Gasteiger partial charge in [-0.05, 0) is 29.8 Å². The molecule has 1 atom stereocenters. The van der Waals surface area contributed by atoms with Gasteiger partial charge in [0.15, 0.2) is 0 Å². The maximum atomic E-state index is 12.3. The Morgan fingerprint density at radius 1 is 1.65 bits per heavy atom. The summed E-state index contributed by atoms with van der Waals surface area (Å²) in [6.07, 6.45) is 3.31. The molecule has 2 rings (SSSR count). The van der Waals surface area contributed by atoms with Crippen molar-refractivity contribution in [2.75, 3.05) is 20.1 Å². The van der Waals surface area contributed by atoms with Gasteiger partial charge in [0.05, 0.1) is 0 Å². The first kappa shape index (κ1) is 14.4. The summed E-state index contributed by atoms with van der Waals surface area (Å²) >= 11 is 0. The number of likely N-dealkylation sites (tertiary alicyclic amines) is 1. The first-order valence-corrected chi connectivity index (χ1v) is 6.65. The number of carbonyl (C=O) groups excluding carboxylic acids is 1. The molecule has 1 N–H and O–H groups in total. The molecular weight excluding hydrogens is 262 g/mol. The topological polar surface area (TPSA) is 93.3 Å². The van der Waals surface area contributed by atoms with Crippen LogP contribution in [0, 0.1) is 17.0 Å². The SMILES string of the molecule is CNCC1CCCN1C(=O)Cn1cc([N+](=O)[O-])nc1C. The molecule has 8 heteroatoms. The number of aromatic nitrogens is 2. The van der Waals surface area contributed by atoms with E-state index in [9.17, 15) is 14.9 Å². The van der Waals surface area contributed by atoms with Crippen LogP contribution in [-0.4, -0.2) is 51.5 Å². The fourth-order valence-electron chi connectivity index (χ4n) is 2.59. The Kier molecular flexibility index (Phi) is 4.33. The van der Waals surface area contributed by atoms with Crippen molar-refractivity contribution >= 4 is 11.7 Å². The highest BCUT2D eigenvalue weighted by atomic mass is 16.6. The van der Waals surface area contributed by atoms with E-state index < -0.39 is 4.92 Å². The lowest BCUT2D eigenvalue weighted by atomic mass is 10.2. The Hall–Kier alpha value is -1.96. The lowest BCUT2D eigenvalue weighted by Gasteiger charge is -2.24. The summed E-state index contributed by atoms with van der Waals surface area (Å²) in [5.41, 5.74) is 0. The molecule has 0 radical (unpaired) electrons. The van der Waals surface area contributed by atoms with Crippen molar-refractivity contribution in [3.05, 3.63) is 22.1 Å². The average molecular weight is 281 g/mol. The third kappa shape index (κ3) is 2.96. The second kappa shape index (κ2) is 6.00. The maximum Gasteiger partial charge on any atom is 0.381 e. The van der Waals surface area contributed by atoms with Gasteiger partial charge in [-0.15, -0.1) is 0 Å². The molecule has 1 aliphatic heterocycles. The quantitative estimate of drug-likeness (QED) is 0.619. The lowest BCUT2D eigenvalue weighted by molar-refractivity contribution is -0.389. The number of hydrogen-bond acceptors (Lipinski definition) is 5. The standard InChI is InChI=1S/C12H19N5O3/c1-9-14-11(17(19)20)7-15(9)8-12(18)16-5-3-4-10(16)6-13-2/h7,10,13H,3-6,8H2,1-2H3. The molecule has 1 aromatic heterocycles. The second-order valence-corrected chi connectivity index (χ2v) is 4.97. The molecule has 0 spiro atoms. The van der Waals surface area contributed by atoms with Crippen LogP contribution in [0.1, 0.15) is 18.7 Å². The number of imidazole rings is 1. The van der Waals surface area contributed by atoms with E-state index >= 15 is 0 Å². The Morgan fingerprint density at radius 2 is 2.40 bits per heavy atom. The smallest absolute Gasteiger partial charge is 0.358 e. The molecule has 2 heterocycles. The molecule has 1 unspecified atom stereocenters. The van der Waals surface area contributed by atoms with Crippen molar-refractivity contribution in [1.29, 1.82) is 0 Å². The fraction of sp³-hybridized carbons (Fsp3) is 0.667. The van der Waals surface area contributed by atoms with Gasteiger partial charge < -0.3 is 20.3 Å². The molecular formula is C12H19N5O3. The fourth-order valence-corrected chi connectivity index (χ4v) is 2.59. The summed E-state index contributed by atoms with van der Waals surface area (Å²) in [7, 11) is 1.87. The number of nitrogens with one attached hydrogen (secondary N) is 1. The van der Waals surface area contributed by atoms with Gasteiger partial charge in [0.1, 0.15) is 12.7 Å². The van der Waals surface area contributed by atoms with Crippen molar-refractivity contribution in [3.8, 4) is 0 Å². The molecule has 20 heavy (non-hydrogen) atoms. The highest BCUT2D eigenvalue weighted by Crippen LogP contribution is 2.18. The Morgan fingerprint density at radius 3 is 3.00 bits per heavy atom. The van der Waals surface area contributed by atoms with Gasteiger partial charge in [-0.3, -0.25) is 9.36 Å². The Bertz CT molecular complexity index is 513. The zero-order valence-corrected chi connectivity index (χ0v) is 11.7. The van der Waals surface area contributed by atoms with Gasteiger partial charge >= 0.3 is 5.82 Å². The number of aryl methyl sites for hydroxylation is 1. The van der Waals surface area contributed by atoms with E-state index in [1.165, 1.54) is 10.8 Å². The van der Waals surface area contributed by atoms with Gasteiger partial charge in [-0.25, -0.2) is 0 Å². The van der Waals surface area contributed by atoms with E-state index in [-0.39, 0.29) is 24.3 Å². The van der Waals surface area contributed by atoms with E-state index in [0.717, 1.165) is 25.9 Å². The van der Waals surface area contributed by atoms with Crippen LogP contribution in [0.2, 0.25) is 0 Å². The number of nitro groups is 1. The van der Waals surface area contributed by atoms with E-state index in [4.69, 9.17) is 0 Å². The van der Waals surface area contributed by atoms with Gasteiger partial charge in [0.25, 0.3) is 0 Å². The normalized spacial score (nSPS) is 18.5. The van der Waals surface area contributed by atoms with Crippen LogP contribution in [0.3, 0.4) is 0 Å². The molecule has 0 bridgehead atoms. The first-order chi connectivity index (χ1) is 9.52. The van der Waals surface area contributed by atoms with E-state index in [2.05, 4.69) is 10.3 Å². The number of amides is 1. The van der Waals surface area contributed by atoms with Crippen LogP contribution >= 0.6 is 0 Å². The summed E-state index contributed by atoms with van der Waals surface area (Å²) in [6.45, 7) is 3.29. The molecule has 1 fully saturated rings. The van der Waals surface area contributed by atoms with Crippen LogP contribution in [0.25, 0.3) is 0 Å². The minimum Gasteiger partial charge on any atom is -0.358 e. The Labute approximate surface area is 116 Å². The van der Waals surface area contributed by atoms with Crippen molar-refractivity contribution in [2.24, 2.45) is 0 Å². The minimum atomic E-state index is -0.548. The van der Waals surface area contributed by atoms with Crippen LogP contribution < -0.4 is 5.32 Å². The van der Waals surface area contributed by atoms with Gasteiger partial charge in [0.2, 0.25) is 11.7 Å². The largest absolute Gasteiger partial charge is 0.381 e. The molecule has 1 aliphatic rings. The molecule has 1 saturated heterocycles. The van der Waals surface area contributed by atoms with Crippen molar-refractivity contribution in [1.82, 2.24) is 19.8 Å². The molecule has 0 aliphatic carbocycles. The van der Waals surface area contributed by atoms with Crippen molar-refractivity contribution < 1.29 is 9.72 Å². The highest BCUT2D eigenvalue weighted by molar-refractivity contribution is 5.76. The number of rotatable bonds is 5. The van der Waals surface area contributed by atoms with E-state index in [1.54, 1.807) is 6.92 Å². The van der Waals surface area contributed by atoms with Gasteiger partial charge in [-0.2, -0.15) is 0 Å². The van der Waals surface area contributed by atoms with Crippen molar-refractivity contribution in [3.63, 3.8) is 0 Å². The van der Waals surface area contributed by atoms with E-state index in [1.807, 2.05) is 11.9 Å². The molecule has 0 saturated carbocycles. The van der Waals surface area contributed by atoms with E-state index in [0.29, 0.717) is 5.82 Å². The summed E-state index contributed by atoms with van der Waals surface area (Å²) in [4.78, 5) is 28.1. The van der Waals surface area contributed by atoms with Gasteiger partial charge in [-0.1, -0.05) is 0 Å². The van der Waals surface area contributed by atoms with Crippen LogP contribution in [0.4, 0.5) is 5.82 Å². The Balaban J connectivity index is 2.05. The predicted octanol–water partition coefficient (Wildman–Crippen LogP) is 0.310. The monoisotopic (exact) mass is 281 g/mol. The summed E-state index contributed by atoms with van der Waals surface area (Å²) < 4.78 is 1.54. The third-order valence-electron chi connectivity index (χ3n) is 3.59. The first-order valence-electron chi connectivity index (χ1n) is 6.65. The number of likely N-dealkylation sites (N-methyl/N-ethyl adjacent to an activating group) is 1. The average Bonchev–Trinajstić information content (AvgIpc) is 2.98.